The van der Waals surface area contributed by atoms with E-state index in [9.17, 15) is 9.18 Å². The molecule has 8 heteroatoms. The topological polar surface area (TPSA) is 66.5 Å². The van der Waals surface area contributed by atoms with Crippen LogP contribution < -0.4 is 20.3 Å². The van der Waals surface area contributed by atoms with Gasteiger partial charge in [0.2, 0.25) is 11.8 Å². The molecule has 0 radical (unpaired) electrons. The molecular weight excluding hydrogens is 383 g/mol. The Kier molecular flexibility index (Phi) is 6.36. The van der Waals surface area contributed by atoms with Crippen LogP contribution in [0.15, 0.2) is 30.3 Å². The van der Waals surface area contributed by atoms with E-state index in [1.54, 1.807) is 0 Å². The Hall–Kier alpha value is -2.38. The molecule has 1 aromatic heterocycles. The summed E-state index contributed by atoms with van der Waals surface area (Å²) in [5, 5.41) is 5.99. The molecule has 2 aromatic rings. The highest BCUT2D eigenvalue weighted by Crippen LogP contribution is 2.36. The van der Waals surface area contributed by atoms with E-state index in [0.29, 0.717) is 18.0 Å². The average Bonchev–Trinajstić information content (AvgIpc) is 3.36. The van der Waals surface area contributed by atoms with Gasteiger partial charge in [-0.3, -0.25) is 4.79 Å². The first-order valence-electron chi connectivity index (χ1n) is 9.27. The van der Waals surface area contributed by atoms with E-state index < -0.39 is 5.82 Å². The molecule has 0 unspecified atom stereocenters. The molecule has 1 saturated heterocycles. The molecule has 2 N–H and O–H groups in total. The molecule has 3 heterocycles. The Balaban J connectivity index is 0.00000225. The van der Waals surface area contributed by atoms with Crippen LogP contribution in [0.2, 0.25) is 0 Å². The molecule has 6 nitrogen and oxygen atoms in total. The maximum absolute atomic E-state index is 14.9. The number of amides is 1. The number of pyridine rings is 1. The SMILES string of the molecule is COc1nc(N2CCc3ccccc32)c(F)cc1CNC(=O)[C@@H]1CCCN1.Cl. The minimum atomic E-state index is -0.421. The lowest BCUT2D eigenvalue weighted by molar-refractivity contribution is -0.122. The van der Waals surface area contributed by atoms with Gasteiger partial charge in [-0.1, -0.05) is 18.2 Å². The first-order chi connectivity index (χ1) is 13.2. The van der Waals surface area contributed by atoms with Crippen LogP contribution in [0.1, 0.15) is 24.0 Å². The van der Waals surface area contributed by atoms with Gasteiger partial charge in [0.25, 0.3) is 0 Å². The number of hydrogen-bond donors (Lipinski definition) is 2. The lowest BCUT2D eigenvalue weighted by Gasteiger charge is -2.21. The van der Waals surface area contributed by atoms with E-state index in [0.717, 1.165) is 31.5 Å². The highest BCUT2D eigenvalue weighted by atomic mass is 35.5. The lowest BCUT2D eigenvalue weighted by atomic mass is 10.2. The van der Waals surface area contributed by atoms with Crippen LogP contribution in [0.25, 0.3) is 0 Å². The third kappa shape index (κ3) is 3.91. The predicted molar refractivity (Wildman–Crippen MR) is 108 cm³/mol. The second kappa shape index (κ2) is 8.75. The Bertz CT molecular complexity index is 858. The number of nitrogens with one attached hydrogen (secondary N) is 2. The van der Waals surface area contributed by atoms with E-state index in [4.69, 9.17) is 4.74 Å². The Morgan fingerprint density at radius 1 is 1.43 bits per heavy atom. The molecule has 0 aliphatic carbocycles. The monoisotopic (exact) mass is 406 g/mol. The number of halogens is 2. The van der Waals surface area contributed by atoms with Crippen molar-refractivity contribution in [1.82, 2.24) is 15.6 Å². The molecule has 2 aliphatic heterocycles. The lowest BCUT2D eigenvalue weighted by Crippen LogP contribution is -2.40. The maximum atomic E-state index is 14.9. The molecule has 1 aromatic carbocycles. The minimum Gasteiger partial charge on any atom is -0.481 e. The third-order valence-corrected chi connectivity index (χ3v) is 5.16. The van der Waals surface area contributed by atoms with E-state index in [1.165, 1.54) is 18.7 Å². The standard InChI is InChI=1S/C20H23FN4O2.ClH/c1-27-20-14(12-23-19(26)16-6-4-9-22-16)11-15(21)18(24-20)25-10-8-13-5-2-3-7-17(13)25;/h2-3,5,7,11,16,22H,4,6,8-10,12H2,1H3,(H,23,26);1H/t16-;/m0./s1. The molecule has 2 aliphatic rings. The summed E-state index contributed by atoms with van der Waals surface area (Å²) in [6, 6.07) is 9.17. The molecule has 1 atom stereocenters. The summed E-state index contributed by atoms with van der Waals surface area (Å²) in [6.45, 7) is 1.71. The van der Waals surface area contributed by atoms with Crippen LogP contribution in [0.3, 0.4) is 0 Å². The molecule has 1 amide bonds. The normalized spacial score (nSPS) is 17.8. The van der Waals surface area contributed by atoms with Crippen molar-refractivity contribution in [2.75, 3.05) is 25.1 Å². The summed E-state index contributed by atoms with van der Waals surface area (Å²) in [6.07, 6.45) is 2.66. The Morgan fingerprint density at radius 2 is 2.25 bits per heavy atom. The molecule has 1 fully saturated rings. The third-order valence-electron chi connectivity index (χ3n) is 5.16. The zero-order chi connectivity index (χ0) is 18.8. The number of benzene rings is 1. The van der Waals surface area contributed by atoms with Crippen molar-refractivity contribution in [3.63, 3.8) is 0 Å². The van der Waals surface area contributed by atoms with Gasteiger partial charge in [-0.05, 0) is 43.5 Å². The number of carbonyl (C=O) groups is 1. The summed E-state index contributed by atoms with van der Waals surface area (Å²) in [5.41, 5.74) is 2.68. The van der Waals surface area contributed by atoms with Crippen LogP contribution in [0, 0.1) is 5.82 Å². The van der Waals surface area contributed by atoms with Gasteiger partial charge in [0.1, 0.15) is 0 Å². The van der Waals surface area contributed by atoms with Crippen molar-refractivity contribution in [3.05, 3.63) is 47.3 Å². The van der Waals surface area contributed by atoms with Crippen LogP contribution in [-0.4, -0.2) is 37.1 Å². The van der Waals surface area contributed by atoms with Gasteiger partial charge >= 0.3 is 0 Å². The van der Waals surface area contributed by atoms with Gasteiger partial charge in [-0.15, -0.1) is 12.4 Å². The zero-order valence-electron chi connectivity index (χ0n) is 15.7. The zero-order valence-corrected chi connectivity index (χ0v) is 16.5. The molecule has 28 heavy (non-hydrogen) atoms. The first-order valence-corrected chi connectivity index (χ1v) is 9.27. The summed E-state index contributed by atoms with van der Waals surface area (Å²) in [7, 11) is 1.51. The van der Waals surface area contributed by atoms with Crippen molar-refractivity contribution in [2.24, 2.45) is 0 Å². The van der Waals surface area contributed by atoms with Gasteiger partial charge in [-0.2, -0.15) is 4.98 Å². The second-order valence-corrected chi connectivity index (χ2v) is 6.86. The van der Waals surface area contributed by atoms with E-state index >= 15 is 0 Å². The number of aromatic nitrogens is 1. The van der Waals surface area contributed by atoms with Gasteiger partial charge < -0.3 is 20.3 Å². The number of hydrogen-bond acceptors (Lipinski definition) is 5. The predicted octanol–water partition coefficient (Wildman–Crippen LogP) is 2.71. The highest BCUT2D eigenvalue weighted by molar-refractivity contribution is 5.85. The smallest absolute Gasteiger partial charge is 0.237 e. The van der Waals surface area contributed by atoms with Gasteiger partial charge in [0, 0.05) is 24.3 Å². The summed E-state index contributed by atoms with van der Waals surface area (Å²) < 4.78 is 20.2. The minimum absolute atomic E-state index is 0. The summed E-state index contributed by atoms with van der Waals surface area (Å²) in [5.74, 6) is 0.0862. The van der Waals surface area contributed by atoms with Crippen LogP contribution in [0.4, 0.5) is 15.9 Å². The Labute approximate surface area is 169 Å². The number of nitrogens with zero attached hydrogens (tertiary/aromatic N) is 2. The number of rotatable bonds is 5. The number of methoxy groups -OCH3 is 1. The fourth-order valence-electron chi connectivity index (χ4n) is 3.77. The van der Waals surface area contributed by atoms with Crippen LogP contribution in [0.5, 0.6) is 5.88 Å². The number of ether oxygens (including phenoxy) is 1. The van der Waals surface area contributed by atoms with E-state index in [2.05, 4.69) is 15.6 Å². The van der Waals surface area contributed by atoms with Crippen molar-refractivity contribution in [2.45, 2.75) is 31.8 Å². The van der Waals surface area contributed by atoms with E-state index in [-0.39, 0.29) is 36.7 Å². The van der Waals surface area contributed by atoms with Crippen LogP contribution >= 0.6 is 12.4 Å². The van der Waals surface area contributed by atoms with E-state index in [1.807, 2.05) is 29.2 Å². The number of anilines is 2. The second-order valence-electron chi connectivity index (χ2n) is 6.86. The number of fused-ring (bicyclic) bond motifs is 1. The average molecular weight is 407 g/mol. The van der Waals surface area contributed by atoms with Crippen molar-refractivity contribution in [1.29, 1.82) is 0 Å². The highest BCUT2D eigenvalue weighted by Gasteiger charge is 2.26. The summed E-state index contributed by atoms with van der Waals surface area (Å²) >= 11 is 0. The van der Waals surface area contributed by atoms with Crippen molar-refractivity contribution < 1.29 is 13.9 Å². The molecule has 0 spiro atoms. The fraction of sp³-hybridized carbons (Fsp3) is 0.400. The van der Waals surface area contributed by atoms with Gasteiger partial charge in [0.05, 0.1) is 13.2 Å². The fourth-order valence-corrected chi connectivity index (χ4v) is 3.77. The molecule has 150 valence electrons. The maximum Gasteiger partial charge on any atom is 0.237 e. The van der Waals surface area contributed by atoms with Crippen molar-refractivity contribution in [3.8, 4) is 5.88 Å². The Morgan fingerprint density at radius 3 is 3.00 bits per heavy atom. The van der Waals surface area contributed by atoms with Crippen molar-refractivity contribution >= 4 is 29.8 Å². The summed E-state index contributed by atoms with van der Waals surface area (Å²) in [4.78, 5) is 18.5. The molecule has 4 rings (SSSR count). The molecule has 0 bridgehead atoms. The molecule has 0 saturated carbocycles. The first kappa shape index (κ1) is 20.4. The quantitative estimate of drug-likeness (QED) is 0.799. The largest absolute Gasteiger partial charge is 0.481 e. The molecular formula is C20H24ClFN4O2. The van der Waals surface area contributed by atoms with Gasteiger partial charge in [0.15, 0.2) is 11.6 Å². The number of carbonyl (C=O) groups excluding carboxylic acids is 1. The van der Waals surface area contributed by atoms with Gasteiger partial charge in [-0.25, -0.2) is 4.39 Å². The van der Waals surface area contributed by atoms with Crippen LogP contribution in [-0.2, 0) is 17.8 Å². The number of para-hydroxylation sites is 1.